The van der Waals surface area contributed by atoms with Gasteiger partial charge in [0.1, 0.15) is 5.82 Å². The lowest BCUT2D eigenvalue weighted by Crippen LogP contribution is -2.50. The fourth-order valence-electron chi connectivity index (χ4n) is 1.35. The molecule has 6 nitrogen and oxygen atoms in total. The summed E-state index contributed by atoms with van der Waals surface area (Å²) in [6.07, 6.45) is -1.01. The van der Waals surface area contributed by atoms with E-state index < -0.39 is 23.6 Å². The van der Waals surface area contributed by atoms with Gasteiger partial charge in [0, 0.05) is 19.7 Å². The van der Waals surface area contributed by atoms with Gasteiger partial charge in [0.25, 0.3) is 5.91 Å². The Balaban J connectivity index is 2.40. The van der Waals surface area contributed by atoms with Crippen molar-refractivity contribution in [2.75, 3.05) is 20.3 Å². The normalized spacial score (nSPS) is 11.5. The summed E-state index contributed by atoms with van der Waals surface area (Å²) in [5.74, 6) is -2.40. The molecule has 3 N–H and O–H groups in total. The highest BCUT2D eigenvalue weighted by Gasteiger charge is 2.17. The molecule has 0 saturated heterocycles. The van der Waals surface area contributed by atoms with Gasteiger partial charge >= 0.3 is 0 Å². The summed E-state index contributed by atoms with van der Waals surface area (Å²) in [6, 6.07) is 2.82. The number of hydrazine groups is 1. The summed E-state index contributed by atoms with van der Waals surface area (Å²) in [6.45, 7) is 2.35. The highest BCUT2D eigenvalue weighted by Crippen LogP contribution is 2.18. The molecule has 0 spiro atoms. The van der Waals surface area contributed by atoms with E-state index in [1.807, 2.05) is 0 Å². The predicted octanol–water partition coefficient (Wildman–Crippen LogP) is 0.874. The highest BCUT2D eigenvalue weighted by atomic mass is 32.1. The van der Waals surface area contributed by atoms with Crippen molar-refractivity contribution in [3.05, 3.63) is 29.8 Å². The highest BCUT2D eigenvalue weighted by molar-refractivity contribution is 7.80. The van der Waals surface area contributed by atoms with E-state index in [9.17, 15) is 13.6 Å². The molecule has 1 atom stereocenters. The molecule has 0 unspecified atom stereocenters. The zero-order valence-corrected chi connectivity index (χ0v) is 12.9. The number of benzene rings is 1. The Kier molecular flexibility index (Phi) is 7.47. The van der Waals surface area contributed by atoms with Crippen molar-refractivity contribution in [1.29, 1.82) is 0 Å². The first-order chi connectivity index (χ1) is 10.4. The van der Waals surface area contributed by atoms with Crippen LogP contribution in [0.25, 0.3) is 0 Å². The van der Waals surface area contributed by atoms with Gasteiger partial charge in [-0.05, 0) is 31.3 Å². The van der Waals surface area contributed by atoms with Gasteiger partial charge in [-0.15, -0.1) is 0 Å². The molecule has 0 heterocycles. The fourth-order valence-corrected chi connectivity index (χ4v) is 1.50. The molecule has 0 saturated carbocycles. The third-order valence-corrected chi connectivity index (χ3v) is 2.70. The summed E-state index contributed by atoms with van der Waals surface area (Å²) in [7, 11) is 1.55. The minimum Gasteiger partial charge on any atom is -0.478 e. The minimum atomic E-state index is -1.01. The average molecular weight is 333 g/mol. The third kappa shape index (κ3) is 6.19. The molecule has 1 rings (SSSR count). The molecule has 1 aromatic carbocycles. The molecule has 122 valence electrons. The molecule has 22 heavy (non-hydrogen) atoms. The van der Waals surface area contributed by atoms with E-state index in [4.69, 9.17) is 21.7 Å². The minimum absolute atomic E-state index is 0.200. The van der Waals surface area contributed by atoms with Crippen LogP contribution in [0.4, 0.5) is 8.78 Å². The molecule has 9 heteroatoms. The standard InChI is InChI=1S/C13H17F2N3O3S/c1-8(21-11-4-3-9(14)7-10(11)15)12(19)17-18-13(22)16-5-6-20-2/h3-4,7-8H,5-6H2,1-2H3,(H,17,19)(H2,16,18,22)/t8-/m1/s1. The number of methoxy groups -OCH3 is 1. The van der Waals surface area contributed by atoms with Crippen molar-refractivity contribution in [2.24, 2.45) is 0 Å². The zero-order valence-electron chi connectivity index (χ0n) is 12.1. The predicted molar refractivity (Wildman–Crippen MR) is 80.2 cm³/mol. The molecule has 0 radical (unpaired) electrons. The van der Waals surface area contributed by atoms with Crippen molar-refractivity contribution in [3.63, 3.8) is 0 Å². The number of ether oxygens (including phenoxy) is 2. The quantitative estimate of drug-likeness (QED) is 0.408. The summed E-state index contributed by atoms with van der Waals surface area (Å²) in [5, 5.41) is 2.98. The molecular weight excluding hydrogens is 316 g/mol. The number of hydrogen-bond donors (Lipinski definition) is 3. The van der Waals surface area contributed by atoms with Crippen molar-refractivity contribution in [1.82, 2.24) is 16.2 Å². The van der Waals surface area contributed by atoms with Crippen LogP contribution >= 0.6 is 12.2 Å². The van der Waals surface area contributed by atoms with Gasteiger partial charge in [-0.1, -0.05) is 0 Å². The largest absolute Gasteiger partial charge is 0.478 e. The first-order valence-corrected chi connectivity index (χ1v) is 6.79. The number of rotatable bonds is 6. The summed E-state index contributed by atoms with van der Waals surface area (Å²) >= 11 is 4.90. The van der Waals surface area contributed by atoms with Crippen LogP contribution in [0.1, 0.15) is 6.92 Å². The number of nitrogens with one attached hydrogen (secondary N) is 3. The van der Waals surface area contributed by atoms with Gasteiger partial charge < -0.3 is 14.8 Å². The Morgan fingerprint density at radius 2 is 2.09 bits per heavy atom. The molecule has 0 aliphatic heterocycles. The topological polar surface area (TPSA) is 71.6 Å². The second-order valence-corrected chi connectivity index (χ2v) is 4.61. The van der Waals surface area contributed by atoms with Crippen LogP contribution < -0.4 is 20.9 Å². The zero-order chi connectivity index (χ0) is 16.5. The summed E-state index contributed by atoms with van der Waals surface area (Å²) < 4.78 is 36.1. The monoisotopic (exact) mass is 333 g/mol. The van der Waals surface area contributed by atoms with E-state index in [1.165, 1.54) is 6.92 Å². The van der Waals surface area contributed by atoms with E-state index in [1.54, 1.807) is 7.11 Å². The van der Waals surface area contributed by atoms with E-state index in [0.29, 0.717) is 19.2 Å². The second kappa shape index (κ2) is 9.11. The van der Waals surface area contributed by atoms with E-state index >= 15 is 0 Å². The van der Waals surface area contributed by atoms with Crippen LogP contribution in [-0.4, -0.2) is 37.4 Å². The van der Waals surface area contributed by atoms with Crippen LogP contribution in [0.2, 0.25) is 0 Å². The smallest absolute Gasteiger partial charge is 0.279 e. The number of carbonyl (C=O) groups excluding carboxylic acids is 1. The van der Waals surface area contributed by atoms with Crippen molar-refractivity contribution in [2.45, 2.75) is 13.0 Å². The van der Waals surface area contributed by atoms with Crippen LogP contribution in [0, 0.1) is 11.6 Å². The maximum absolute atomic E-state index is 13.4. The molecular formula is C13H17F2N3O3S. The Hall–Kier alpha value is -2.00. The first kappa shape index (κ1) is 18.1. The average Bonchev–Trinajstić information content (AvgIpc) is 2.47. The number of amides is 1. The summed E-state index contributed by atoms with van der Waals surface area (Å²) in [4.78, 5) is 11.8. The fraction of sp³-hybridized carbons (Fsp3) is 0.385. The second-order valence-electron chi connectivity index (χ2n) is 4.20. The lowest BCUT2D eigenvalue weighted by Gasteiger charge is -2.16. The van der Waals surface area contributed by atoms with Crippen molar-refractivity contribution < 1.29 is 23.0 Å². The first-order valence-electron chi connectivity index (χ1n) is 6.38. The molecule has 0 aromatic heterocycles. The van der Waals surface area contributed by atoms with Crippen LogP contribution in [-0.2, 0) is 9.53 Å². The van der Waals surface area contributed by atoms with E-state index in [2.05, 4.69) is 16.2 Å². The third-order valence-electron chi connectivity index (χ3n) is 2.46. The Morgan fingerprint density at radius 3 is 2.73 bits per heavy atom. The van der Waals surface area contributed by atoms with E-state index in [0.717, 1.165) is 12.1 Å². The van der Waals surface area contributed by atoms with Gasteiger partial charge in [-0.25, -0.2) is 8.78 Å². The molecule has 0 aliphatic rings. The van der Waals surface area contributed by atoms with Gasteiger partial charge in [0.2, 0.25) is 0 Å². The lowest BCUT2D eigenvalue weighted by atomic mass is 10.3. The number of carbonyl (C=O) groups is 1. The van der Waals surface area contributed by atoms with Gasteiger partial charge in [0.05, 0.1) is 6.61 Å². The maximum Gasteiger partial charge on any atom is 0.279 e. The Labute approximate surface area is 132 Å². The SMILES string of the molecule is COCCNC(=S)NNC(=O)[C@@H](C)Oc1ccc(F)cc1F. The molecule has 1 amide bonds. The van der Waals surface area contributed by atoms with Crippen molar-refractivity contribution in [3.8, 4) is 5.75 Å². The number of thiocarbonyl (C=S) groups is 1. The van der Waals surface area contributed by atoms with Gasteiger partial charge in [-0.2, -0.15) is 0 Å². The maximum atomic E-state index is 13.4. The number of hydrogen-bond acceptors (Lipinski definition) is 4. The summed E-state index contributed by atoms with van der Waals surface area (Å²) in [5.41, 5.74) is 4.77. The van der Waals surface area contributed by atoms with Gasteiger partial charge in [0.15, 0.2) is 22.8 Å². The van der Waals surface area contributed by atoms with Gasteiger partial charge in [-0.3, -0.25) is 15.6 Å². The molecule has 0 aliphatic carbocycles. The van der Waals surface area contributed by atoms with E-state index in [-0.39, 0.29) is 10.9 Å². The Bertz CT molecular complexity index is 531. The lowest BCUT2D eigenvalue weighted by molar-refractivity contribution is -0.127. The van der Waals surface area contributed by atoms with Crippen molar-refractivity contribution >= 4 is 23.2 Å². The van der Waals surface area contributed by atoms with Crippen LogP contribution in [0.5, 0.6) is 5.75 Å². The number of halogens is 2. The molecule has 0 bridgehead atoms. The van der Waals surface area contributed by atoms with Crippen LogP contribution in [0.15, 0.2) is 18.2 Å². The Morgan fingerprint density at radius 1 is 1.36 bits per heavy atom. The van der Waals surface area contributed by atoms with Crippen LogP contribution in [0.3, 0.4) is 0 Å². The molecule has 1 aromatic rings. The molecule has 0 fully saturated rings.